The predicted molar refractivity (Wildman–Crippen MR) is 125 cm³/mol. The Kier molecular flexibility index (Phi) is 11.9. The molecule has 5 nitrogen and oxygen atoms in total. The SMILES string of the molecule is CC(C)CCCC(C)NC(N)=NCc1ccc(CN2CCOCC2)cc1.I. The van der Waals surface area contributed by atoms with Crippen molar-refractivity contribution in [1.82, 2.24) is 10.2 Å². The van der Waals surface area contributed by atoms with E-state index in [0.29, 0.717) is 18.5 Å². The van der Waals surface area contributed by atoms with Gasteiger partial charge in [0.2, 0.25) is 0 Å². The highest BCUT2D eigenvalue weighted by Gasteiger charge is 2.10. The fourth-order valence-corrected chi connectivity index (χ4v) is 3.15. The van der Waals surface area contributed by atoms with Gasteiger partial charge in [0, 0.05) is 25.7 Å². The molecule has 1 aliphatic rings. The molecule has 2 rings (SSSR count). The van der Waals surface area contributed by atoms with E-state index in [0.717, 1.165) is 45.2 Å². The molecule has 1 aromatic carbocycles. The third-order valence-electron chi connectivity index (χ3n) is 4.78. The summed E-state index contributed by atoms with van der Waals surface area (Å²) in [6.45, 7) is 12.0. The van der Waals surface area contributed by atoms with Gasteiger partial charge < -0.3 is 15.8 Å². The van der Waals surface area contributed by atoms with Crippen LogP contribution in [0, 0.1) is 5.92 Å². The highest BCUT2D eigenvalue weighted by atomic mass is 127. The van der Waals surface area contributed by atoms with Crippen molar-refractivity contribution < 1.29 is 4.74 Å². The zero-order valence-electron chi connectivity index (χ0n) is 17.1. The Morgan fingerprint density at radius 2 is 1.74 bits per heavy atom. The van der Waals surface area contributed by atoms with Crippen molar-refractivity contribution in [2.24, 2.45) is 16.6 Å². The van der Waals surface area contributed by atoms with Gasteiger partial charge >= 0.3 is 0 Å². The van der Waals surface area contributed by atoms with Crippen molar-refractivity contribution in [3.63, 3.8) is 0 Å². The molecule has 0 amide bonds. The standard InChI is InChI=1S/C21H36N4O.HI/c1-17(2)5-4-6-18(3)24-21(22)23-15-19-7-9-20(10-8-19)16-25-11-13-26-14-12-25;/h7-10,17-18H,4-6,11-16H2,1-3H3,(H3,22,23,24);1H. The summed E-state index contributed by atoms with van der Waals surface area (Å²) in [5.74, 6) is 1.30. The quantitative estimate of drug-likeness (QED) is 0.316. The zero-order chi connectivity index (χ0) is 18.8. The molecule has 0 aromatic heterocycles. The number of halogens is 1. The van der Waals surface area contributed by atoms with Crippen molar-refractivity contribution in [1.29, 1.82) is 0 Å². The van der Waals surface area contributed by atoms with E-state index in [2.05, 4.69) is 60.2 Å². The second kappa shape index (κ2) is 13.3. The second-order valence-electron chi connectivity index (χ2n) is 7.78. The number of nitrogens with two attached hydrogens (primary N) is 1. The molecule has 0 radical (unpaired) electrons. The average molecular weight is 488 g/mol. The smallest absolute Gasteiger partial charge is 0.189 e. The number of rotatable bonds is 9. The molecule has 0 spiro atoms. The summed E-state index contributed by atoms with van der Waals surface area (Å²) in [5.41, 5.74) is 8.55. The molecule has 0 bridgehead atoms. The first-order valence-corrected chi connectivity index (χ1v) is 9.97. The van der Waals surface area contributed by atoms with Crippen molar-refractivity contribution in [2.45, 2.75) is 59.2 Å². The number of nitrogens with zero attached hydrogens (tertiary/aromatic N) is 2. The van der Waals surface area contributed by atoms with Crippen LogP contribution in [0.5, 0.6) is 0 Å². The van der Waals surface area contributed by atoms with Crippen molar-refractivity contribution in [2.75, 3.05) is 26.3 Å². The molecule has 1 fully saturated rings. The molecule has 1 atom stereocenters. The summed E-state index contributed by atoms with van der Waals surface area (Å²) < 4.78 is 5.40. The first-order chi connectivity index (χ1) is 12.5. The van der Waals surface area contributed by atoms with Crippen LogP contribution in [-0.4, -0.2) is 43.2 Å². The maximum Gasteiger partial charge on any atom is 0.189 e. The topological polar surface area (TPSA) is 62.9 Å². The maximum atomic E-state index is 6.03. The molecule has 6 heteroatoms. The summed E-state index contributed by atoms with van der Waals surface area (Å²) in [6, 6.07) is 9.06. The van der Waals surface area contributed by atoms with Gasteiger partial charge in [0.25, 0.3) is 0 Å². The Bertz CT molecular complexity index is 542. The van der Waals surface area contributed by atoms with E-state index < -0.39 is 0 Å². The van der Waals surface area contributed by atoms with Crippen LogP contribution in [0.3, 0.4) is 0 Å². The van der Waals surface area contributed by atoms with Gasteiger partial charge in [-0.2, -0.15) is 0 Å². The molecule has 0 aliphatic carbocycles. The molecule has 1 heterocycles. The van der Waals surface area contributed by atoms with Gasteiger partial charge in [0.1, 0.15) is 0 Å². The van der Waals surface area contributed by atoms with Crippen LogP contribution in [0.1, 0.15) is 51.2 Å². The predicted octanol–water partition coefficient (Wildman–Crippen LogP) is 3.76. The van der Waals surface area contributed by atoms with Gasteiger partial charge in [-0.1, -0.05) is 51.0 Å². The number of nitrogens with one attached hydrogen (secondary N) is 1. The normalized spacial score (nSPS) is 16.8. The van der Waals surface area contributed by atoms with Gasteiger partial charge in [0.05, 0.1) is 19.8 Å². The van der Waals surface area contributed by atoms with Crippen LogP contribution in [0.4, 0.5) is 0 Å². The number of aliphatic imine (C=N–C) groups is 1. The Morgan fingerprint density at radius 3 is 2.37 bits per heavy atom. The van der Waals surface area contributed by atoms with Crippen LogP contribution in [0.25, 0.3) is 0 Å². The average Bonchev–Trinajstić information content (AvgIpc) is 2.61. The van der Waals surface area contributed by atoms with E-state index in [-0.39, 0.29) is 24.0 Å². The van der Waals surface area contributed by atoms with E-state index in [4.69, 9.17) is 10.5 Å². The van der Waals surface area contributed by atoms with E-state index in [1.54, 1.807) is 0 Å². The summed E-state index contributed by atoms with van der Waals surface area (Å²) in [5, 5.41) is 3.30. The number of benzene rings is 1. The summed E-state index contributed by atoms with van der Waals surface area (Å²) in [4.78, 5) is 6.91. The summed E-state index contributed by atoms with van der Waals surface area (Å²) in [7, 11) is 0. The molecule has 1 aliphatic heterocycles. The van der Waals surface area contributed by atoms with E-state index in [9.17, 15) is 0 Å². The van der Waals surface area contributed by atoms with Crippen molar-refractivity contribution in [3.8, 4) is 0 Å². The van der Waals surface area contributed by atoms with Crippen LogP contribution in [0.15, 0.2) is 29.3 Å². The molecular formula is C21H37IN4O. The lowest BCUT2D eigenvalue weighted by Crippen LogP contribution is -2.38. The van der Waals surface area contributed by atoms with Crippen LogP contribution >= 0.6 is 24.0 Å². The minimum atomic E-state index is 0. The number of morpholine rings is 1. The molecule has 1 saturated heterocycles. The minimum absolute atomic E-state index is 0. The van der Waals surface area contributed by atoms with Gasteiger partial charge in [-0.15, -0.1) is 24.0 Å². The van der Waals surface area contributed by atoms with Gasteiger partial charge in [-0.3, -0.25) is 4.90 Å². The number of guanidine groups is 1. The van der Waals surface area contributed by atoms with Crippen molar-refractivity contribution >= 4 is 29.9 Å². The number of ether oxygens (including phenoxy) is 1. The highest BCUT2D eigenvalue weighted by molar-refractivity contribution is 14.0. The molecule has 27 heavy (non-hydrogen) atoms. The third-order valence-corrected chi connectivity index (χ3v) is 4.78. The summed E-state index contributed by atoms with van der Waals surface area (Å²) in [6.07, 6.45) is 3.62. The van der Waals surface area contributed by atoms with Gasteiger partial charge in [0.15, 0.2) is 5.96 Å². The van der Waals surface area contributed by atoms with Crippen LogP contribution in [0.2, 0.25) is 0 Å². The molecule has 1 aromatic rings. The maximum absolute atomic E-state index is 6.03. The number of hydrogen-bond donors (Lipinski definition) is 2. The second-order valence-corrected chi connectivity index (χ2v) is 7.78. The number of hydrogen-bond acceptors (Lipinski definition) is 3. The first kappa shape index (κ1) is 24.2. The monoisotopic (exact) mass is 488 g/mol. The third kappa shape index (κ3) is 10.3. The van der Waals surface area contributed by atoms with E-state index in [1.807, 2.05) is 0 Å². The molecule has 3 N–H and O–H groups in total. The minimum Gasteiger partial charge on any atom is -0.379 e. The van der Waals surface area contributed by atoms with Crippen LogP contribution < -0.4 is 11.1 Å². The lowest BCUT2D eigenvalue weighted by molar-refractivity contribution is 0.0342. The van der Waals surface area contributed by atoms with Gasteiger partial charge in [-0.25, -0.2) is 4.99 Å². The molecule has 1 unspecified atom stereocenters. The Labute approximate surface area is 182 Å². The molecule has 154 valence electrons. The lowest BCUT2D eigenvalue weighted by Gasteiger charge is -2.26. The van der Waals surface area contributed by atoms with E-state index >= 15 is 0 Å². The van der Waals surface area contributed by atoms with Crippen molar-refractivity contribution in [3.05, 3.63) is 35.4 Å². The largest absolute Gasteiger partial charge is 0.379 e. The Morgan fingerprint density at radius 1 is 1.11 bits per heavy atom. The highest BCUT2D eigenvalue weighted by Crippen LogP contribution is 2.10. The van der Waals surface area contributed by atoms with Gasteiger partial charge in [-0.05, 0) is 30.4 Å². The Balaban J connectivity index is 0.00000364. The Hall–Kier alpha value is -0.860. The fraction of sp³-hybridized carbons (Fsp3) is 0.667. The first-order valence-electron chi connectivity index (χ1n) is 9.97. The summed E-state index contributed by atoms with van der Waals surface area (Å²) >= 11 is 0. The lowest BCUT2D eigenvalue weighted by atomic mass is 10.0. The van der Waals surface area contributed by atoms with E-state index in [1.165, 1.54) is 24.0 Å². The molecule has 0 saturated carbocycles. The van der Waals surface area contributed by atoms with Crippen LogP contribution in [-0.2, 0) is 17.8 Å². The zero-order valence-corrected chi connectivity index (χ0v) is 19.4. The fourth-order valence-electron chi connectivity index (χ4n) is 3.15. The molecular weight excluding hydrogens is 451 g/mol.